The first kappa shape index (κ1) is 60.0. The van der Waals surface area contributed by atoms with Crippen molar-refractivity contribution < 1.29 is 10.2 Å². The quantitative estimate of drug-likeness (QED) is 0.0873. The van der Waals surface area contributed by atoms with Crippen LogP contribution >= 0.6 is 11.6 Å². The molecule has 0 amide bonds. The summed E-state index contributed by atoms with van der Waals surface area (Å²) in [5, 5.41) is 54.2. The highest BCUT2D eigenvalue weighted by atomic mass is 35.5. The van der Waals surface area contributed by atoms with E-state index in [0.717, 1.165) is 129 Å². The highest BCUT2D eigenvalue weighted by Gasteiger charge is 2.37. The largest absolute Gasteiger partial charge is 0.385 e. The molecular formula is C72H76ClN5O2. The molecular weight excluding hydrogens is 1000 g/mol. The number of piperidine rings is 2. The Morgan fingerprint density at radius 3 is 1.12 bits per heavy atom. The Kier molecular flexibility index (Phi) is 22.6. The van der Waals surface area contributed by atoms with E-state index in [1.54, 1.807) is 0 Å². The number of alkyl halides is 1. The Morgan fingerprint density at radius 2 is 0.800 bits per heavy atom. The molecule has 0 atom stereocenters. The van der Waals surface area contributed by atoms with Gasteiger partial charge >= 0.3 is 0 Å². The zero-order valence-corrected chi connectivity index (χ0v) is 47.2. The Morgan fingerprint density at radius 1 is 0.475 bits per heavy atom. The minimum atomic E-state index is -0.727. The third kappa shape index (κ3) is 15.8. The number of nitrogens with zero attached hydrogens (tertiary/aromatic N) is 4. The lowest BCUT2D eigenvalue weighted by Crippen LogP contribution is -2.43. The number of halogens is 1. The van der Waals surface area contributed by atoms with Gasteiger partial charge in [0.2, 0.25) is 0 Å². The standard InChI is InChI=1S/C29H32N2O.C17H16ClN.C14H11N.C12H17NO/c1-24-13-15-27(16-14-24)29(32)18-21-31(22-19-29)20-8-17-28(23-30,25-9-4-2-5-10-25)26-11-6-3-7-12-26;18-13-7-12-17(14-19,15-8-3-1-4-9-15)16-10-5-2-6-11-16;15-11-14(12-7-3-1-4-8-12)13-9-5-2-6-10-13;1-10-2-4-11(5-3-10)12(14)6-8-13-9-7-12/h2-7,9-16,32H,8,17-22H2,1H3;1-6,8-11H,7,12-13H2;1-10,14H;2-5,13-14H,6-9H2,1H3. The van der Waals surface area contributed by atoms with Gasteiger partial charge in [-0.15, -0.1) is 11.6 Å². The fourth-order valence-electron chi connectivity index (χ4n) is 11.0. The van der Waals surface area contributed by atoms with E-state index in [4.69, 9.17) is 11.6 Å². The monoisotopic (exact) mass is 1080 g/mol. The van der Waals surface area contributed by atoms with Crippen molar-refractivity contribution in [3.8, 4) is 18.2 Å². The first-order valence-corrected chi connectivity index (χ1v) is 28.7. The molecule has 8 aromatic rings. The van der Waals surface area contributed by atoms with Gasteiger partial charge in [0.1, 0.15) is 10.8 Å². The number of rotatable bonds is 15. The average molecular weight is 1080 g/mol. The SMILES string of the molecule is Cc1ccc(C2(O)CCN(CCCC(C#N)(c3ccccc3)c3ccccc3)CC2)cc1.Cc1ccc(C2(O)CCNCC2)cc1.N#CC(CCCCl)(c1ccccc1)c1ccccc1.N#CC(c1ccccc1)c1ccccc1. The molecule has 0 saturated carbocycles. The van der Waals surface area contributed by atoms with Crippen LogP contribution in [0.15, 0.2) is 231 Å². The molecule has 2 saturated heterocycles. The first-order valence-electron chi connectivity index (χ1n) is 28.1. The third-order valence-corrected chi connectivity index (χ3v) is 16.1. The Hall–Kier alpha value is -7.64. The fraction of sp³-hybridized carbons (Fsp3) is 0.292. The third-order valence-electron chi connectivity index (χ3n) is 15.8. The van der Waals surface area contributed by atoms with Gasteiger partial charge in [0.15, 0.2) is 0 Å². The van der Waals surface area contributed by atoms with E-state index in [1.165, 1.54) is 11.1 Å². The molecule has 0 radical (unpaired) electrons. The molecule has 2 aliphatic rings. The van der Waals surface area contributed by atoms with E-state index in [9.17, 15) is 26.0 Å². The van der Waals surface area contributed by atoms with Crippen molar-refractivity contribution in [1.29, 1.82) is 15.8 Å². The molecule has 80 heavy (non-hydrogen) atoms. The number of hydrogen-bond donors (Lipinski definition) is 3. The van der Waals surface area contributed by atoms with Crippen molar-refractivity contribution in [2.24, 2.45) is 0 Å². The van der Waals surface area contributed by atoms with Crippen LogP contribution in [0.2, 0.25) is 0 Å². The number of aliphatic hydroxyl groups is 2. The Balaban J connectivity index is 0.000000165. The first-order chi connectivity index (χ1) is 39.0. The lowest BCUT2D eigenvalue weighted by Gasteiger charge is -2.39. The number of aryl methyl sites for hydroxylation is 2. The van der Waals surface area contributed by atoms with Crippen molar-refractivity contribution in [2.75, 3.05) is 38.6 Å². The number of likely N-dealkylation sites (tertiary alicyclic amines) is 1. The van der Waals surface area contributed by atoms with Crippen molar-refractivity contribution in [3.05, 3.63) is 286 Å². The Labute approximate surface area is 481 Å². The maximum Gasteiger partial charge on any atom is 0.107 e. The fourth-order valence-corrected chi connectivity index (χ4v) is 11.1. The average Bonchev–Trinajstić information content (AvgIpc) is 3.54. The van der Waals surface area contributed by atoms with Crippen LogP contribution in [0.25, 0.3) is 0 Å². The van der Waals surface area contributed by atoms with Crippen molar-refractivity contribution in [1.82, 2.24) is 10.2 Å². The van der Waals surface area contributed by atoms with Crippen LogP contribution in [-0.4, -0.2) is 53.7 Å². The molecule has 0 bridgehead atoms. The topological polar surface area (TPSA) is 127 Å². The predicted octanol–water partition coefficient (Wildman–Crippen LogP) is 15.0. The summed E-state index contributed by atoms with van der Waals surface area (Å²) in [4.78, 5) is 2.43. The summed E-state index contributed by atoms with van der Waals surface area (Å²) in [6, 6.07) is 84.0. The second-order valence-electron chi connectivity index (χ2n) is 21.2. The number of hydrogen-bond acceptors (Lipinski definition) is 7. The maximum atomic E-state index is 11.2. The van der Waals surface area contributed by atoms with Crippen LogP contribution in [-0.2, 0) is 22.0 Å². The molecule has 2 aliphatic heterocycles. The van der Waals surface area contributed by atoms with Gasteiger partial charge in [-0.05, 0) is 129 Å². The minimum Gasteiger partial charge on any atom is -0.385 e. The molecule has 3 N–H and O–H groups in total. The lowest BCUT2D eigenvalue weighted by molar-refractivity contribution is -0.0262. The molecule has 0 aliphatic carbocycles. The van der Waals surface area contributed by atoms with Gasteiger partial charge in [-0.3, -0.25) is 0 Å². The molecule has 10 rings (SSSR count). The van der Waals surface area contributed by atoms with Crippen molar-refractivity contribution >= 4 is 11.6 Å². The van der Waals surface area contributed by atoms with Crippen molar-refractivity contribution in [2.45, 2.75) is 93.2 Å². The van der Waals surface area contributed by atoms with Gasteiger partial charge in [0, 0.05) is 19.0 Å². The predicted molar refractivity (Wildman–Crippen MR) is 326 cm³/mol. The zero-order chi connectivity index (χ0) is 56.5. The summed E-state index contributed by atoms with van der Waals surface area (Å²) in [5.41, 5.74) is 8.26. The van der Waals surface area contributed by atoms with E-state index < -0.39 is 22.0 Å². The molecule has 8 aromatic carbocycles. The van der Waals surface area contributed by atoms with E-state index in [0.29, 0.717) is 5.88 Å². The smallest absolute Gasteiger partial charge is 0.107 e. The number of nitrogens with one attached hydrogen (secondary N) is 1. The van der Waals surface area contributed by atoms with Crippen LogP contribution in [0, 0.1) is 47.8 Å². The summed E-state index contributed by atoms with van der Waals surface area (Å²) in [5.74, 6) is 0.413. The second-order valence-corrected chi connectivity index (χ2v) is 21.5. The lowest BCUT2D eigenvalue weighted by atomic mass is 9.72. The van der Waals surface area contributed by atoms with E-state index in [-0.39, 0.29) is 5.92 Å². The Bertz CT molecular complexity index is 3050. The van der Waals surface area contributed by atoms with Crippen LogP contribution in [0.1, 0.15) is 113 Å². The van der Waals surface area contributed by atoms with Crippen LogP contribution in [0.4, 0.5) is 0 Å². The van der Waals surface area contributed by atoms with Crippen molar-refractivity contribution in [3.63, 3.8) is 0 Å². The summed E-state index contributed by atoms with van der Waals surface area (Å²) >= 11 is 5.83. The summed E-state index contributed by atoms with van der Waals surface area (Å²) < 4.78 is 0. The summed E-state index contributed by atoms with van der Waals surface area (Å²) in [6.45, 7) is 8.64. The second kappa shape index (κ2) is 30.1. The van der Waals surface area contributed by atoms with E-state index in [2.05, 4.69) is 103 Å². The van der Waals surface area contributed by atoms with Gasteiger partial charge in [-0.1, -0.05) is 242 Å². The normalized spacial score (nSPS) is 14.6. The molecule has 0 spiro atoms. The highest BCUT2D eigenvalue weighted by molar-refractivity contribution is 6.17. The van der Waals surface area contributed by atoms with Gasteiger partial charge in [-0.2, -0.15) is 15.8 Å². The summed E-state index contributed by atoms with van der Waals surface area (Å²) in [7, 11) is 0. The van der Waals surface area contributed by atoms with Gasteiger partial charge in [0.05, 0.1) is 35.3 Å². The van der Waals surface area contributed by atoms with E-state index in [1.807, 2.05) is 170 Å². The molecule has 7 nitrogen and oxygen atoms in total. The molecule has 2 fully saturated rings. The summed E-state index contributed by atoms with van der Waals surface area (Å²) in [6.07, 6.45) is 6.39. The van der Waals surface area contributed by atoms with Gasteiger partial charge in [0.25, 0.3) is 0 Å². The highest BCUT2D eigenvalue weighted by Crippen LogP contribution is 2.39. The molecule has 408 valence electrons. The van der Waals surface area contributed by atoms with Crippen LogP contribution in [0.5, 0.6) is 0 Å². The number of benzene rings is 8. The van der Waals surface area contributed by atoms with Gasteiger partial charge in [-0.25, -0.2) is 0 Å². The maximum absolute atomic E-state index is 11.2. The zero-order valence-electron chi connectivity index (χ0n) is 46.5. The molecule has 0 aromatic heterocycles. The molecule has 8 heteroatoms. The minimum absolute atomic E-state index is 0.160. The van der Waals surface area contributed by atoms with Crippen LogP contribution in [0.3, 0.4) is 0 Å². The molecule has 2 heterocycles. The van der Waals surface area contributed by atoms with E-state index >= 15 is 0 Å². The molecule has 0 unspecified atom stereocenters. The van der Waals surface area contributed by atoms with Crippen LogP contribution < -0.4 is 5.32 Å². The van der Waals surface area contributed by atoms with Gasteiger partial charge < -0.3 is 20.4 Å². The number of nitriles is 3.